The van der Waals surface area contributed by atoms with Gasteiger partial charge in [0.15, 0.2) is 0 Å². The van der Waals surface area contributed by atoms with Crippen molar-refractivity contribution in [3.8, 4) is 0 Å². The smallest absolute Gasteiger partial charge is 0.136 e. The molecule has 0 amide bonds. The Kier molecular flexibility index (Phi) is 6.76. The van der Waals surface area contributed by atoms with Crippen LogP contribution in [0.15, 0.2) is 167 Å². The molecule has 0 unspecified atom stereocenters. The Balaban J connectivity index is 1.18. The number of aryl methyl sites for hydroxylation is 2. The Labute approximate surface area is 319 Å². The summed E-state index contributed by atoms with van der Waals surface area (Å²) in [7, 11) is 0. The summed E-state index contributed by atoms with van der Waals surface area (Å²) in [4.78, 5) is 0. The van der Waals surface area contributed by atoms with Gasteiger partial charge in [-0.25, -0.2) is 0 Å². The Morgan fingerprint density at radius 3 is 1.15 bits per heavy atom. The summed E-state index contributed by atoms with van der Waals surface area (Å²) in [5.74, 6) is 0. The van der Waals surface area contributed by atoms with Gasteiger partial charge in [0, 0.05) is 27.0 Å². The SMILES string of the molecule is Cc1cc2oc3cc(C4=C(c5ccccc5)C(c5ccccc5)=C(c5ccc6c(c5)oc5cc(C)c7ccccc7c56)C4(C)C)ccc3c2c2ccccc12. The Morgan fingerprint density at radius 2 is 0.727 bits per heavy atom. The third-order valence-electron chi connectivity index (χ3n) is 12.1. The van der Waals surface area contributed by atoms with Crippen LogP contribution >= 0.6 is 0 Å². The Morgan fingerprint density at radius 1 is 0.345 bits per heavy atom. The molecule has 262 valence electrons. The Hall–Kier alpha value is -6.64. The molecule has 0 saturated carbocycles. The lowest BCUT2D eigenvalue weighted by atomic mass is 9.74. The summed E-state index contributed by atoms with van der Waals surface area (Å²) >= 11 is 0. The van der Waals surface area contributed by atoms with Crippen LogP contribution in [0.1, 0.15) is 47.2 Å². The molecule has 55 heavy (non-hydrogen) atoms. The van der Waals surface area contributed by atoms with E-state index in [1.54, 1.807) is 0 Å². The first-order valence-corrected chi connectivity index (χ1v) is 19.2. The fraction of sp³-hybridized carbons (Fsp3) is 0.0943. The van der Waals surface area contributed by atoms with E-state index in [0.717, 1.165) is 44.2 Å². The van der Waals surface area contributed by atoms with Crippen LogP contribution in [0, 0.1) is 19.3 Å². The van der Waals surface area contributed by atoms with Crippen molar-refractivity contribution >= 4 is 87.7 Å². The van der Waals surface area contributed by atoms with Crippen LogP contribution in [0.3, 0.4) is 0 Å². The Bertz CT molecular complexity index is 3050. The minimum absolute atomic E-state index is 0.400. The first-order chi connectivity index (χ1) is 26.9. The summed E-state index contributed by atoms with van der Waals surface area (Å²) in [6.45, 7) is 9.11. The number of rotatable bonds is 4. The zero-order valence-electron chi connectivity index (χ0n) is 31.3. The van der Waals surface area contributed by atoms with Crippen molar-refractivity contribution in [3.05, 3.63) is 191 Å². The molecule has 2 nitrogen and oxygen atoms in total. The van der Waals surface area contributed by atoms with Gasteiger partial charge in [-0.05, 0) is 127 Å². The van der Waals surface area contributed by atoms with Crippen molar-refractivity contribution in [1.29, 1.82) is 0 Å². The minimum Gasteiger partial charge on any atom is -0.456 e. The molecule has 1 aliphatic rings. The highest BCUT2D eigenvalue weighted by molar-refractivity contribution is 6.30. The maximum atomic E-state index is 6.74. The lowest BCUT2D eigenvalue weighted by Crippen LogP contribution is -2.14. The van der Waals surface area contributed by atoms with Crippen LogP contribution in [0.2, 0.25) is 0 Å². The zero-order valence-corrected chi connectivity index (χ0v) is 31.3. The average molecular weight is 707 g/mol. The van der Waals surface area contributed by atoms with Crippen molar-refractivity contribution in [2.45, 2.75) is 27.7 Å². The van der Waals surface area contributed by atoms with E-state index in [1.165, 1.54) is 76.9 Å². The summed E-state index contributed by atoms with van der Waals surface area (Å²) in [6.07, 6.45) is 0. The standard InChI is InChI=1S/C53H38O2/c1-31-27-45-49(39-21-13-11-19-37(31)39)41-25-23-35(29-43(41)54-45)51-47(33-15-7-5-8-16-33)48(34-17-9-6-10-18-34)52(53(51,3)4)36-24-26-42-44(30-36)55-46-28-32(2)38-20-12-14-22-40(38)50(42)46/h5-30H,1-4H3. The molecular formula is C53H38O2. The van der Waals surface area contributed by atoms with Gasteiger partial charge in [0.1, 0.15) is 22.3 Å². The van der Waals surface area contributed by atoms with Crippen LogP contribution < -0.4 is 0 Å². The molecule has 8 aromatic carbocycles. The van der Waals surface area contributed by atoms with E-state index in [9.17, 15) is 0 Å². The van der Waals surface area contributed by atoms with Gasteiger partial charge < -0.3 is 8.83 Å². The van der Waals surface area contributed by atoms with E-state index in [0.29, 0.717) is 0 Å². The van der Waals surface area contributed by atoms with Gasteiger partial charge in [0.25, 0.3) is 0 Å². The summed E-state index contributed by atoms with van der Waals surface area (Å²) in [6, 6.07) is 57.2. The first-order valence-electron chi connectivity index (χ1n) is 19.2. The van der Waals surface area contributed by atoms with Crippen molar-refractivity contribution in [3.63, 3.8) is 0 Å². The van der Waals surface area contributed by atoms with E-state index in [-0.39, 0.29) is 0 Å². The topological polar surface area (TPSA) is 26.3 Å². The fourth-order valence-electron chi connectivity index (χ4n) is 9.74. The van der Waals surface area contributed by atoms with E-state index in [2.05, 4.69) is 185 Å². The monoisotopic (exact) mass is 706 g/mol. The van der Waals surface area contributed by atoms with Gasteiger partial charge >= 0.3 is 0 Å². The van der Waals surface area contributed by atoms with Gasteiger partial charge in [0.2, 0.25) is 0 Å². The minimum atomic E-state index is -0.400. The normalized spacial score (nSPS) is 14.5. The predicted molar refractivity (Wildman–Crippen MR) is 232 cm³/mol. The predicted octanol–water partition coefficient (Wildman–Crippen LogP) is 15.0. The molecule has 2 heterocycles. The highest BCUT2D eigenvalue weighted by Gasteiger charge is 2.42. The fourth-order valence-corrected chi connectivity index (χ4v) is 9.74. The van der Waals surface area contributed by atoms with Crippen molar-refractivity contribution in [2.75, 3.05) is 0 Å². The van der Waals surface area contributed by atoms with Crippen LogP contribution in [-0.2, 0) is 0 Å². The largest absolute Gasteiger partial charge is 0.456 e. The van der Waals surface area contributed by atoms with Gasteiger partial charge in [-0.1, -0.05) is 135 Å². The summed E-state index contributed by atoms with van der Waals surface area (Å²) < 4.78 is 13.5. The van der Waals surface area contributed by atoms with Crippen molar-refractivity contribution < 1.29 is 8.83 Å². The van der Waals surface area contributed by atoms with E-state index >= 15 is 0 Å². The van der Waals surface area contributed by atoms with E-state index in [1.807, 2.05) is 0 Å². The molecule has 2 heteroatoms. The second-order valence-corrected chi connectivity index (χ2v) is 15.7. The van der Waals surface area contributed by atoms with Crippen LogP contribution in [0.25, 0.3) is 87.7 Å². The number of benzene rings is 8. The van der Waals surface area contributed by atoms with Crippen LogP contribution in [0.4, 0.5) is 0 Å². The molecule has 0 fully saturated rings. The number of allylic oxidation sites excluding steroid dienone is 4. The van der Waals surface area contributed by atoms with Gasteiger partial charge in [-0.2, -0.15) is 0 Å². The second kappa shape index (κ2) is 11.7. The molecule has 10 aromatic rings. The molecule has 0 saturated heterocycles. The van der Waals surface area contributed by atoms with E-state index < -0.39 is 5.41 Å². The number of fused-ring (bicyclic) bond motifs is 10. The molecule has 0 bridgehead atoms. The molecule has 11 rings (SSSR count). The molecule has 1 aliphatic carbocycles. The molecule has 0 spiro atoms. The molecule has 0 atom stereocenters. The lowest BCUT2D eigenvalue weighted by Gasteiger charge is -2.28. The van der Waals surface area contributed by atoms with Crippen molar-refractivity contribution in [1.82, 2.24) is 0 Å². The maximum absolute atomic E-state index is 6.74. The second-order valence-electron chi connectivity index (χ2n) is 15.7. The number of hydrogen-bond acceptors (Lipinski definition) is 2. The zero-order chi connectivity index (χ0) is 37.0. The number of hydrogen-bond donors (Lipinski definition) is 0. The third kappa shape index (κ3) is 4.61. The highest BCUT2D eigenvalue weighted by Crippen LogP contribution is 2.61. The van der Waals surface area contributed by atoms with Crippen molar-refractivity contribution in [2.24, 2.45) is 5.41 Å². The molecular weight excluding hydrogens is 669 g/mol. The molecule has 0 radical (unpaired) electrons. The van der Waals surface area contributed by atoms with E-state index in [4.69, 9.17) is 8.83 Å². The third-order valence-corrected chi connectivity index (χ3v) is 12.1. The van der Waals surface area contributed by atoms with Crippen LogP contribution in [-0.4, -0.2) is 0 Å². The maximum Gasteiger partial charge on any atom is 0.136 e. The average Bonchev–Trinajstić information content (AvgIpc) is 3.84. The van der Waals surface area contributed by atoms with Crippen LogP contribution in [0.5, 0.6) is 0 Å². The molecule has 0 N–H and O–H groups in total. The molecule has 0 aliphatic heterocycles. The summed E-state index contributed by atoms with van der Waals surface area (Å²) in [5, 5.41) is 9.62. The summed E-state index contributed by atoms with van der Waals surface area (Å²) in [5.41, 5.74) is 15.5. The highest BCUT2D eigenvalue weighted by atomic mass is 16.3. The van der Waals surface area contributed by atoms with Gasteiger partial charge in [-0.15, -0.1) is 0 Å². The quantitative estimate of drug-likeness (QED) is 0.182. The van der Waals surface area contributed by atoms with Gasteiger partial charge in [0.05, 0.1) is 0 Å². The molecule has 2 aromatic heterocycles. The lowest BCUT2D eigenvalue weighted by molar-refractivity contribution is 0.665. The first kappa shape index (κ1) is 31.8. The number of furan rings is 2. The van der Waals surface area contributed by atoms with Gasteiger partial charge in [-0.3, -0.25) is 0 Å².